The average Bonchev–Trinajstić information content (AvgIpc) is 2.66. The minimum Gasteiger partial charge on any atom is -0.347 e. The quantitative estimate of drug-likeness (QED) is 0.821. The first-order valence-corrected chi connectivity index (χ1v) is 5.78. The number of nitrogens with zero attached hydrogens (tertiary/aromatic N) is 1. The second-order valence-corrected chi connectivity index (χ2v) is 4.53. The number of halogens is 1. The van der Waals surface area contributed by atoms with Gasteiger partial charge in [0.2, 0.25) is 5.91 Å². The fourth-order valence-electron chi connectivity index (χ4n) is 1.57. The van der Waals surface area contributed by atoms with E-state index in [1.54, 1.807) is 0 Å². The lowest BCUT2D eigenvalue weighted by molar-refractivity contribution is -0.117. The summed E-state index contributed by atoms with van der Waals surface area (Å²) < 4.78 is 1.05. The minimum atomic E-state index is -0.109. The molecule has 0 saturated carbocycles. The highest BCUT2D eigenvalue weighted by Crippen LogP contribution is 2.19. The summed E-state index contributed by atoms with van der Waals surface area (Å²) >= 11 is 3.39. The Bertz CT molecular complexity index is 427. The zero-order valence-corrected chi connectivity index (χ0v) is 10.4. The Morgan fingerprint density at radius 3 is 2.81 bits per heavy atom. The van der Waals surface area contributed by atoms with Crippen LogP contribution >= 0.6 is 15.9 Å². The van der Waals surface area contributed by atoms with Gasteiger partial charge in [0.1, 0.15) is 0 Å². The van der Waals surface area contributed by atoms with Crippen LogP contribution in [-0.2, 0) is 4.79 Å². The van der Waals surface area contributed by atoms with Gasteiger partial charge in [-0.1, -0.05) is 28.1 Å². The second kappa shape index (κ2) is 4.65. The smallest absolute Gasteiger partial charge is 0.223 e. The van der Waals surface area contributed by atoms with Crippen LogP contribution in [0.3, 0.4) is 0 Å². The van der Waals surface area contributed by atoms with Gasteiger partial charge in [0, 0.05) is 11.4 Å². The SMILES string of the molecule is CC(=O)NC1=NCC(c2ccc(Br)cc2)N1. The van der Waals surface area contributed by atoms with Crippen LogP contribution < -0.4 is 10.6 Å². The van der Waals surface area contributed by atoms with Gasteiger partial charge in [-0.25, -0.2) is 0 Å². The summed E-state index contributed by atoms with van der Waals surface area (Å²) in [7, 11) is 0. The largest absolute Gasteiger partial charge is 0.347 e. The number of hydrogen-bond donors (Lipinski definition) is 2. The average molecular weight is 282 g/mol. The van der Waals surface area contributed by atoms with E-state index >= 15 is 0 Å². The summed E-state index contributed by atoms with van der Waals surface area (Å²) in [6.07, 6.45) is 0. The van der Waals surface area contributed by atoms with E-state index in [1.165, 1.54) is 6.92 Å². The molecule has 1 unspecified atom stereocenters. The molecule has 16 heavy (non-hydrogen) atoms. The van der Waals surface area contributed by atoms with Crippen LogP contribution in [0.1, 0.15) is 18.5 Å². The summed E-state index contributed by atoms with van der Waals surface area (Å²) in [4.78, 5) is 15.1. The van der Waals surface area contributed by atoms with Crippen LogP contribution in [-0.4, -0.2) is 18.4 Å². The van der Waals surface area contributed by atoms with Gasteiger partial charge in [0.25, 0.3) is 0 Å². The molecule has 2 N–H and O–H groups in total. The zero-order valence-electron chi connectivity index (χ0n) is 8.83. The van der Waals surface area contributed by atoms with Gasteiger partial charge in [-0.15, -0.1) is 0 Å². The van der Waals surface area contributed by atoms with Crippen molar-refractivity contribution < 1.29 is 4.79 Å². The number of guanidine groups is 1. The predicted octanol–water partition coefficient (Wildman–Crippen LogP) is 1.59. The van der Waals surface area contributed by atoms with E-state index in [-0.39, 0.29) is 11.9 Å². The molecule has 1 aliphatic rings. The fourth-order valence-corrected chi connectivity index (χ4v) is 1.83. The molecule has 1 aromatic rings. The van der Waals surface area contributed by atoms with E-state index in [1.807, 2.05) is 24.3 Å². The van der Waals surface area contributed by atoms with Gasteiger partial charge in [0.15, 0.2) is 5.96 Å². The Morgan fingerprint density at radius 2 is 2.19 bits per heavy atom. The van der Waals surface area contributed by atoms with Gasteiger partial charge >= 0.3 is 0 Å². The van der Waals surface area contributed by atoms with Crippen molar-refractivity contribution in [3.63, 3.8) is 0 Å². The van der Waals surface area contributed by atoms with Gasteiger partial charge in [0.05, 0.1) is 12.6 Å². The van der Waals surface area contributed by atoms with Gasteiger partial charge in [-0.05, 0) is 17.7 Å². The van der Waals surface area contributed by atoms with Crippen LogP contribution in [0.2, 0.25) is 0 Å². The first-order chi connectivity index (χ1) is 7.65. The predicted molar refractivity (Wildman–Crippen MR) is 66.1 cm³/mol. The molecule has 1 amide bonds. The monoisotopic (exact) mass is 281 g/mol. The summed E-state index contributed by atoms with van der Waals surface area (Å²) in [5, 5.41) is 5.80. The summed E-state index contributed by atoms with van der Waals surface area (Å²) in [6, 6.07) is 8.21. The molecule has 1 aromatic carbocycles. The van der Waals surface area contributed by atoms with Crippen molar-refractivity contribution in [1.29, 1.82) is 0 Å². The number of hydrogen-bond acceptors (Lipinski definition) is 3. The van der Waals surface area contributed by atoms with Crippen molar-refractivity contribution in [2.45, 2.75) is 13.0 Å². The lowest BCUT2D eigenvalue weighted by Crippen LogP contribution is -2.37. The van der Waals surface area contributed by atoms with Crippen molar-refractivity contribution in [3.8, 4) is 0 Å². The summed E-state index contributed by atoms with van der Waals surface area (Å²) in [5.41, 5.74) is 1.16. The number of rotatable bonds is 1. The van der Waals surface area contributed by atoms with E-state index in [0.717, 1.165) is 10.0 Å². The number of carbonyl (C=O) groups excluding carboxylic acids is 1. The molecule has 2 rings (SSSR count). The highest BCUT2D eigenvalue weighted by Gasteiger charge is 2.19. The van der Waals surface area contributed by atoms with Crippen LogP contribution in [0.15, 0.2) is 33.7 Å². The third-order valence-corrected chi connectivity index (χ3v) is 2.84. The van der Waals surface area contributed by atoms with Crippen molar-refractivity contribution in [1.82, 2.24) is 10.6 Å². The highest BCUT2D eigenvalue weighted by atomic mass is 79.9. The van der Waals surface area contributed by atoms with E-state index in [0.29, 0.717) is 12.5 Å². The molecule has 1 aliphatic heterocycles. The number of nitrogens with one attached hydrogen (secondary N) is 2. The van der Waals surface area contributed by atoms with Gasteiger partial charge in [-0.3, -0.25) is 15.1 Å². The van der Waals surface area contributed by atoms with Crippen LogP contribution in [0, 0.1) is 0 Å². The molecular weight excluding hydrogens is 270 g/mol. The molecule has 0 saturated heterocycles. The normalized spacial score (nSPS) is 18.9. The molecule has 84 valence electrons. The molecule has 1 atom stereocenters. The number of aliphatic imine (C=N–C) groups is 1. The molecular formula is C11H12BrN3O. The van der Waals surface area contributed by atoms with Gasteiger partial charge < -0.3 is 5.32 Å². The van der Waals surface area contributed by atoms with E-state index in [9.17, 15) is 4.79 Å². The lowest BCUT2D eigenvalue weighted by atomic mass is 10.1. The van der Waals surface area contributed by atoms with Crippen molar-refractivity contribution in [2.24, 2.45) is 4.99 Å². The third kappa shape index (κ3) is 2.61. The molecule has 0 bridgehead atoms. The zero-order chi connectivity index (χ0) is 11.5. The van der Waals surface area contributed by atoms with E-state index in [2.05, 4.69) is 31.6 Å². The van der Waals surface area contributed by atoms with E-state index < -0.39 is 0 Å². The summed E-state index contributed by atoms with van der Waals surface area (Å²) in [5.74, 6) is 0.447. The van der Waals surface area contributed by atoms with E-state index in [4.69, 9.17) is 0 Å². The molecule has 5 heteroatoms. The number of carbonyl (C=O) groups is 1. The highest BCUT2D eigenvalue weighted by molar-refractivity contribution is 9.10. The minimum absolute atomic E-state index is 0.109. The Labute approximate surface area is 102 Å². The van der Waals surface area contributed by atoms with Crippen molar-refractivity contribution in [3.05, 3.63) is 34.3 Å². The molecule has 0 aliphatic carbocycles. The topological polar surface area (TPSA) is 53.5 Å². The number of benzene rings is 1. The first-order valence-electron chi connectivity index (χ1n) is 4.99. The molecule has 1 heterocycles. The molecule has 0 fully saturated rings. The Balaban J connectivity index is 2.00. The first kappa shape index (κ1) is 11.1. The van der Waals surface area contributed by atoms with Crippen molar-refractivity contribution in [2.75, 3.05) is 6.54 Å². The third-order valence-electron chi connectivity index (χ3n) is 2.31. The maximum Gasteiger partial charge on any atom is 0.223 e. The van der Waals surface area contributed by atoms with Crippen LogP contribution in [0.25, 0.3) is 0 Å². The fraction of sp³-hybridized carbons (Fsp3) is 0.273. The lowest BCUT2D eigenvalue weighted by Gasteiger charge is -2.12. The Kier molecular flexibility index (Phi) is 3.24. The van der Waals surface area contributed by atoms with Gasteiger partial charge in [-0.2, -0.15) is 0 Å². The summed E-state index contributed by atoms with van der Waals surface area (Å²) in [6.45, 7) is 2.12. The van der Waals surface area contributed by atoms with Crippen LogP contribution in [0.5, 0.6) is 0 Å². The second-order valence-electron chi connectivity index (χ2n) is 3.62. The standard InChI is InChI=1S/C11H12BrN3O/c1-7(16)14-11-13-6-10(15-11)8-2-4-9(12)5-3-8/h2-5,10H,6H2,1H3,(H2,13,14,15,16). The molecule has 0 spiro atoms. The maximum atomic E-state index is 10.8. The maximum absolute atomic E-state index is 10.8. The van der Waals surface area contributed by atoms with Crippen LogP contribution in [0.4, 0.5) is 0 Å². The Morgan fingerprint density at radius 1 is 1.50 bits per heavy atom. The Hall–Kier alpha value is -1.36. The molecule has 4 nitrogen and oxygen atoms in total. The number of amides is 1. The molecule has 0 radical (unpaired) electrons. The molecule has 0 aromatic heterocycles. The van der Waals surface area contributed by atoms with Crippen molar-refractivity contribution >= 4 is 27.8 Å².